The molecule has 0 aliphatic heterocycles. The van der Waals surface area contributed by atoms with Gasteiger partial charge in [0, 0.05) is 23.0 Å². The third kappa shape index (κ3) is 3.67. The second-order valence-electron chi connectivity index (χ2n) is 3.29. The Kier molecular flexibility index (Phi) is 4.33. The lowest BCUT2D eigenvalue weighted by molar-refractivity contribution is 0.624. The van der Waals surface area contributed by atoms with E-state index in [0.29, 0.717) is 5.75 Å². The molecule has 3 nitrogen and oxygen atoms in total. The van der Waals surface area contributed by atoms with Crippen molar-refractivity contribution < 1.29 is 4.39 Å². The zero-order valence-electron chi connectivity index (χ0n) is 9.31. The van der Waals surface area contributed by atoms with E-state index in [0.717, 1.165) is 22.4 Å². The number of aromatic nitrogens is 2. The van der Waals surface area contributed by atoms with Crippen molar-refractivity contribution in [2.75, 3.05) is 11.9 Å². The van der Waals surface area contributed by atoms with Crippen LogP contribution in [0.5, 0.6) is 0 Å². The van der Waals surface area contributed by atoms with Crippen molar-refractivity contribution in [1.82, 2.24) is 9.36 Å². The van der Waals surface area contributed by atoms with E-state index < -0.39 is 0 Å². The van der Waals surface area contributed by atoms with Crippen LogP contribution < -0.4 is 5.32 Å². The van der Waals surface area contributed by atoms with Gasteiger partial charge in [-0.05, 0) is 25.1 Å². The Balaban J connectivity index is 1.93. The SMILES string of the molecule is CCNc1nc(CSc2cccc(F)c2)ns1. The topological polar surface area (TPSA) is 37.8 Å². The smallest absolute Gasteiger partial charge is 0.202 e. The van der Waals surface area contributed by atoms with Gasteiger partial charge in [0.1, 0.15) is 5.82 Å². The highest BCUT2D eigenvalue weighted by atomic mass is 32.2. The molecule has 90 valence electrons. The Morgan fingerprint density at radius 3 is 3.12 bits per heavy atom. The standard InChI is InChI=1S/C11H12FN3S2/c1-2-13-11-14-10(15-17-11)7-16-9-5-3-4-8(12)6-9/h3-6H,2,7H2,1H3,(H,13,14,15). The second-order valence-corrected chi connectivity index (χ2v) is 5.09. The number of thioether (sulfide) groups is 1. The predicted octanol–water partition coefficient (Wildman–Crippen LogP) is 3.40. The molecule has 1 N–H and O–H groups in total. The summed E-state index contributed by atoms with van der Waals surface area (Å²) in [6, 6.07) is 6.54. The third-order valence-electron chi connectivity index (χ3n) is 1.96. The van der Waals surface area contributed by atoms with E-state index in [9.17, 15) is 4.39 Å². The number of halogens is 1. The summed E-state index contributed by atoms with van der Waals surface area (Å²) in [6.45, 7) is 2.86. The molecule has 17 heavy (non-hydrogen) atoms. The molecule has 0 aliphatic carbocycles. The monoisotopic (exact) mass is 269 g/mol. The lowest BCUT2D eigenvalue weighted by atomic mass is 10.4. The highest BCUT2D eigenvalue weighted by molar-refractivity contribution is 7.98. The van der Waals surface area contributed by atoms with E-state index >= 15 is 0 Å². The molecular formula is C11H12FN3S2. The molecule has 0 atom stereocenters. The maximum absolute atomic E-state index is 12.9. The van der Waals surface area contributed by atoms with Crippen molar-refractivity contribution in [1.29, 1.82) is 0 Å². The van der Waals surface area contributed by atoms with Gasteiger partial charge in [-0.2, -0.15) is 4.37 Å². The number of anilines is 1. The lowest BCUT2D eigenvalue weighted by Crippen LogP contribution is -1.95. The number of benzene rings is 1. The van der Waals surface area contributed by atoms with Gasteiger partial charge in [0.25, 0.3) is 0 Å². The van der Waals surface area contributed by atoms with Crippen LogP contribution in [0.4, 0.5) is 9.52 Å². The first kappa shape index (κ1) is 12.3. The van der Waals surface area contributed by atoms with Gasteiger partial charge in [0.15, 0.2) is 5.82 Å². The van der Waals surface area contributed by atoms with Gasteiger partial charge in [-0.15, -0.1) is 11.8 Å². The zero-order valence-corrected chi connectivity index (χ0v) is 10.9. The number of hydrogen-bond acceptors (Lipinski definition) is 5. The fraction of sp³-hybridized carbons (Fsp3) is 0.273. The summed E-state index contributed by atoms with van der Waals surface area (Å²) in [5.74, 6) is 1.22. The molecule has 0 spiro atoms. The summed E-state index contributed by atoms with van der Waals surface area (Å²) in [7, 11) is 0. The maximum Gasteiger partial charge on any atom is 0.202 e. The van der Waals surface area contributed by atoms with E-state index in [1.54, 1.807) is 6.07 Å². The number of rotatable bonds is 5. The van der Waals surface area contributed by atoms with Crippen LogP contribution in [-0.2, 0) is 5.75 Å². The molecule has 1 aromatic heterocycles. The van der Waals surface area contributed by atoms with Gasteiger partial charge < -0.3 is 5.32 Å². The van der Waals surface area contributed by atoms with E-state index in [2.05, 4.69) is 14.7 Å². The van der Waals surface area contributed by atoms with Gasteiger partial charge >= 0.3 is 0 Å². The van der Waals surface area contributed by atoms with Crippen LogP contribution in [0.15, 0.2) is 29.2 Å². The van der Waals surface area contributed by atoms with Gasteiger partial charge in [-0.1, -0.05) is 6.07 Å². The van der Waals surface area contributed by atoms with Crippen molar-refractivity contribution in [2.24, 2.45) is 0 Å². The largest absolute Gasteiger partial charge is 0.361 e. The van der Waals surface area contributed by atoms with Crippen molar-refractivity contribution in [3.05, 3.63) is 35.9 Å². The van der Waals surface area contributed by atoms with Crippen molar-refractivity contribution >= 4 is 28.4 Å². The Labute approximate surface area is 108 Å². The molecule has 1 heterocycles. The summed E-state index contributed by atoms with van der Waals surface area (Å²) in [5, 5.41) is 3.95. The lowest BCUT2D eigenvalue weighted by Gasteiger charge is -1.98. The van der Waals surface area contributed by atoms with Gasteiger partial charge in [-0.25, -0.2) is 9.37 Å². The zero-order chi connectivity index (χ0) is 12.1. The minimum atomic E-state index is -0.213. The quantitative estimate of drug-likeness (QED) is 0.844. The van der Waals surface area contributed by atoms with Crippen molar-refractivity contribution in [2.45, 2.75) is 17.6 Å². The van der Waals surface area contributed by atoms with Gasteiger partial charge in [0.2, 0.25) is 5.13 Å². The predicted molar refractivity (Wildman–Crippen MR) is 70.0 cm³/mol. The summed E-state index contributed by atoms with van der Waals surface area (Å²) in [5.41, 5.74) is 0. The molecule has 2 aromatic rings. The molecule has 0 bridgehead atoms. The van der Waals surface area contributed by atoms with Crippen LogP contribution in [-0.4, -0.2) is 15.9 Å². The average Bonchev–Trinajstić information content (AvgIpc) is 2.75. The van der Waals surface area contributed by atoms with Gasteiger partial charge in [0.05, 0.1) is 5.75 Å². The molecule has 1 aromatic carbocycles. The first-order valence-electron chi connectivity index (χ1n) is 5.22. The van der Waals surface area contributed by atoms with E-state index in [-0.39, 0.29) is 5.82 Å². The molecular weight excluding hydrogens is 257 g/mol. The highest BCUT2D eigenvalue weighted by Crippen LogP contribution is 2.23. The maximum atomic E-state index is 12.9. The van der Waals surface area contributed by atoms with Crippen LogP contribution >= 0.6 is 23.3 Å². The van der Waals surface area contributed by atoms with E-state index in [1.807, 2.05) is 13.0 Å². The van der Waals surface area contributed by atoms with Crippen LogP contribution in [0, 0.1) is 5.82 Å². The molecule has 0 radical (unpaired) electrons. The summed E-state index contributed by atoms with van der Waals surface area (Å²) in [6.07, 6.45) is 0. The average molecular weight is 269 g/mol. The molecule has 0 saturated carbocycles. The molecule has 0 saturated heterocycles. The Hall–Kier alpha value is -1.14. The van der Waals surface area contributed by atoms with Crippen molar-refractivity contribution in [3.8, 4) is 0 Å². The molecule has 0 unspecified atom stereocenters. The molecule has 2 rings (SSSR count). The number of nitrogens with one attached hydrogen (secondary N) is 1. The summed E-state index contributed by atoms with van der Waals surface area (Å²) in [4.78, 5) is 5.21. The fourth-order valence-corrected chi connectivity index (χ4v) is 2.77. The van der Waals surface area contributed by atoms with Crippen molar-refractivity contribution in [3.63, 3.8) is 0 Å². The van der Waals surface area contributed by atoms with Gasteiger partial charge in [-0.3, -0.25) is 0 Å². The minimum absolute atomic E-state index is 0.213. The summed E-state index contributed by atoms with van der Waals surface area (Å²) >= 11 is 2.89. The summed E-state index contributed by atoms with van der Waals surface area (Å²) < 4.78 is 17.2. The first-order valence-corrected chi connectivity index (χ1v) is 6.98. The van der Waals surface area contributed by atoms with Crippen LogP contribution in [0.25, 0.3) is 0 Å². The van der Waals surface area contributed by atoms with Crippen LogP contribution in [0.2, 0.25) is 0 Å². The molecule has 0 fully saturated rings. The van der Waals surface area contributed by atoms with E-state index in [4.69, 9.17) is 0 Å². The number of nitrogens with zero attached hydrogens (tertiary/aromatic N) is 2. The Morgan fingerprint density at radius 2 is 2.35 bits per heavy atom. The normalized spacial score (nSPS) is 10.5. The second kappa shape index (κ2) is 5.97. The number of hydrogen-bond donors (Lipinski definition) is 1. The van der Waals surface area contributed by atoms with Crippen LogP contribution in [0.3, 0.4) is 0 Å². The fourth-order valence-electron chi connectivity index (χ4n) is 1.24. The highest BCUT2D eigenvalue weighted by Gasteiger charge is 2.04. The van der Waals surface area contributed by atoms with Crippen LogP contribution in [0.1, 0.15) is 12.7 Å². The molecule has 0 amide bonds. The minimum Gasteiger partial charge on any atom is -0.361 e. The third-order valence-corrected chi connectivity index (χ3v) is 3.66. The van der Waals surface area contributed by atoms with E-state index in [1.165, 1.54) is 35.4 Å². The first-order chi connectivity index (χ1) is 8.28. The molecule has 0 aliphatic rings. The molecule has 6 heteroatoms. The Bertz CT molecular complexity index is 487. The Morgan fingerprint density at radius 1 is 1.47 bits per heavy atom.